The Labute approximate surface area is 195 Å². The Balaban J connectivity index is 1.32. The van der Waals surface area contributed by atoms with Crippen molar-refractivity contribution in [3.05, 3.63) is 71.9 Å². The summed E-state index contributed by atoms with van der Waals surface area (Å²) in [4.78, 5) is 15.1. The second kappa shape index (κ2) is 10.5. The van der Waals surface area contributed by atoms with Crippen LogP contribution in [0.2, 0.25) is 0 Å². The highest BCUT2D eigenvalue weighted by Gasteiger charge is 2.26. The first-order chi connectivity index (χ1) is 16.0. The number of ether oxygens (including phenoxy) is 1. The van der Waals surface area contributed by atoms with Crippen LogP contribution in [0.3, 0.4) is 0 Å². The zero-order chi connectivity index (χ0) is 23.2. The number of piperidine rings is 1. The Morgan fingerprint density at radius 3 is 2.55 bits per heavy atom. The molecule has 7 nitrogen and oxygen atoms in total. The van der Waals surface area contributed by atoms with Crippen molar-refractivity contribution in [2.45, 2.75) is 45.2 Å². The number of hydrogen-bond acceptors (Lipinski definition) is 4. The van der Waals surface area contributed by atoms with E-state index >= 15 is 0 Å². The number of likely N-dealkylation sites (tertiary alicyclic amines) is 1. The predicted octanol–water partition coefficient (Wildman–Crippen LogP) is 5.11. The molecule has 0 aliphatic carbocycles. The van der Waals surface area contributed by atoms with Crippen LogP contribution in [0, 0.1) is 6.92 Å². The number of anilines is 2. The number of nitrogens with zero attached hydrogens (tertiary/aromatic N) is 3. The van der Waals surface area contributed by atoms with Crippen molar-refractivity contribution in [2.75, 3.05) is 30.8 Å². The summed E-state index contributed by atoms with van der Waals surface area (Å²) < 4.78 is 7.26. The van der Waals surface area contributed by atoms with Crippen molar-refractivity contribution in [3.8, 4) is 5.75 Å². The van der Waals surface area contributed by atoms with Gasteiger partial charge < -0.3 is 15.0 Å². The summed E-state index contributed by atoms with van der Waals surface area (Å²) >= 11 is 0. The maximum Gasteiger partial charge on any atom is 0.324 e. The van der Waals surface area contributed by atoms with Crippen LogP contribution in [0.1, 0.15) is 36.9 Å². The Morgan fingerprint density at radius 1 is 1.09 bits per heavy atom. The number of nitrogens with one attached hydrogen (secondary N) is 2. The third-order valence-corrected chi connectivity index (χ3v) is 6.39. The lowest BCUT2D eigenvalue weighted by Crippen LogP contribution is -2.41. The van der Waals surface area contributed by atoms with E-state index in [2.05, 4.69) is 58.7 Å². The number of methoxy groups -OCH3 is 1. The fourth-order valence-corrected chi connectivity index (χ4v) is 4.49. The van der Waals surface area contributed by atoms with Crippen molar-refractivity contribution in [1.29, 1.82) is 0 Å². The normalized spacial score (nSPS) is 15.7. The molecule has 33 heavy (non-hydrogen) atoms. The number of urea groups is 1. The predicted molar refractivity (Wildman–Crippen MR) is 132 cm³/mol. The number of amides is 2. The van der Waals surface area contributed by atoms with Crippen LogP contribution >= 0.6 is 0 Å². The standard InChI is InChI=1S/C26H33N5O2/c1-19-8-10-21(11-9-19)18-20(2)30-16-13-22(14-17-30)31-25(12-15-27-31)29-26(32)28-23-6-4-5-7-24(23)33-3/h4-12,15,20,22H,13-14,16-18H2,1-3H3,(H2,28,29,32). The molecule has 2 aromatic carbocycles. The van der Waals surface area contributed by atoms with E-state index < -0.39 is 0 Å². The molecule has 2 N–H and O–H groups in total. The molecule has 4 rings (SSSR count). The minimum atomic E-state index is -0.314. The van der Waals surface area contributed by atoms with Gasteiger partial charge in [0.15, 0.2) is 0 Å². The van der Waals surface area contributed by atoms with Crippen LogP contribution in [-0.2, 0) is 6.42 Å². The van der Waals surface area contributed by atoms with Gasteiger partial charge in [-0.2, -0.15) is 5.10 Å². The highest BCUT2D eigenvalue weighted by Crippen LogP contribution is 2.28. The van der Waals surface area contributed by atoms with E-state index in [9.17, 15) is 4.79 Å². The molecule has 1 aromatic heterocycles. The Hall–Kier alpha value is -3.32. The summed E-state index contributed by atoms with van der Waals surface area (Å²) in [6.45, 7) is 6.47. The van der Waals surface area contributed by atoms with Gasteiger partial charge in [-0.3, -0.25) is 5.32 Å². The van der Waals surface area contributed by atoms with E-state index in [1.165, 1.54) is 11.1 Å². The van der Waals surface area contributed by atoms with Crippen molar-refractivity contribution >= 4 is 17.5 Å². The quantitative estimate of drug-likeness (QED) is 0.528. The maximum atomic E-state index is 12.6. The first-order valence-corrected chi connectivity index (χ1v) is 11.6. The second-order valence-corrected chi connectivity index (χ2v) is 8.75. The van der Waals surface area contributed by atoms with Crippen molar-refractivity contribution in [2.24, 2.45) is 0 Å². The Morgan fingerprint density at radius 2 is 1.82 bits per heavy atom. The molecule has 1 saturated heterocycles. The van der Waals surface area contributed by atoms with E-state index in [1.54, 1.807) is 13.3 Å². The third kappa shape index (κ3) is 5.73. The number of carbonyl (C=O) groups is 1. The van der Waals surface area contributed by atoms with Crippen LogP contribution in [0.5, 0.6) is 5.75 Å². The number of hydrogen-bond donors (Lipinski definition) is 2. The molecule has 1 unspecified atom stereocenters. The van der Waals surface area contributed by atoms with E-state index in [0.717, 1.165) is 32.4 Å². The van der Waals surface area contributed by atoms with Crippen molar-refractivity contribution in [1.82, 2.24) is 14.7 Å². The summed E-state index contributed by atoms with van der Waals surface area (Å²) in [5.74, 6) is 1.32. The molecule has 7 heteroatoms. The maximum absolute atomic E-state index is 12.6. The molecule has 1 aliphatic rings. The molecule has 2 amide bonds. The molecule has 174 valence electrons. The van der Waals surface area contributed by atoms with Gasteiger partial charge in [0.2, 0.25) is 0 Å². The van der Waals surface area contributed by atoms with Gasteiger partial charge in [-0.05, 0) is 50.8 Å². The number of rotatable bonds is 7. The van der Waals surface area contributed by atoms with Gasteiger partial charge in [0, 0.05) is 25.2 Å². The third-order valence-electron chi connectivity index (χ3n) is 6.39. The number of para-hydroxylation sites is 2. The minimum absolute atomic E-state index is 0.268. The Bertz CT molecular complexity index is 1050. The lowest BCUT2D eigenvalue weighted by Gasteiger charge is -2.36. The number of aryl methyl sites for hydroxylation is 1. The van der Waals surface area contributed by atoms with Crippen LogP contribution in [0.4, 0.5) is 16.3 Å². The average molecular weight is 448 g/mol. The van der Waals surface area contributed by atoms with E-state index in [0.29, 0.717) is 23.3 Å². The van der Waals surface area contributed by atoms with Crippen LogP contribution in [0.15, 0.2) is 60.8 Å². The molecule has 1 aliphatic heterocycles. The first-order valence-electron chi connectivity index (χ1n) is 11.6. The zero-order valence-electron chi connectivity index (χ0n) is 19.6. The summed E-state index contributed by atoms with van der Waals surface area (Å²) in [6, 6.07) is 18.5. The SMILES string of the molecule is COc1ccccc1NC(=O)Nc1ccnn1C1CCN(C(C)Cc2ccc(C)cc2)CC1. The van der Waals surface area contributed by atoms with E-state index in [1.807, 2.05) is 35.0 Å². The fraction of sp³-hybridized carbons (Fsp3) is 0.385. The largest absolute Gasteiger partial charge is 0.495 e. The smallest absolute Gasteiger partial charge is 0.324 e. The van der Waals surface area contributed by atoms with Gasteiger partial charge in [0.05, 0.1) is 25.0 Å². The lowest BCUT2D eigenvalue weighted by atomic mass is 10.00. The Kier molecular flexibility index (Phi) is 7.29. The molecule has 0 saturated carbocycles. The molecule has 0 bridgehead atoms. The van der Waals surface area contributed by atoms with Gasteiger partial charge in [-0.15, -0.1) is 0 Å². The average Bonchev–Trinajstić information content (AvgIpc) is 3.29. The number of benzene rings is 2. The summed E-state index contributed by atoms with van der Waals surface area (Å²) in [5, 5.41) is 10.3. The molecule has 1 fully saturated rings. The van der Waals surface area contributed by atoms with Gasteiger partial charge in [0.25, 0.3) is 0 Å². The zero-order valence-corrected chi connectivity index (χ0v) is 19.6. The topological polar surface area (TPSA) is 71.4 Å². The monoisotopic (exact) mass is 447 g/mol. The molecular formula is C26H33N5O2. The highest BCUT2D eigenvalue weighted by molar-refractivity contribution is 6.00. The molecule has 0 radical (unpaired) electrons. The highest BCUT2D eigenvalue weighted by atomic mass is 16.5. The number of aromatic nitrogens is 2. The van der Waals surface area contributed by atoms with Gasteiger partial charge >= 0.3 is 6.03 Å². The van der Waals surface area contributed by atoms with E-state index in [4.69, 9.17) is 4.74 Å². The number of carbonyl (C=O) groups excluding carboxylic acids is 1. The van der Waals surface area contributed by atoms with Gasteiger partial charge in [0.1, 0.15) is 11.6 Å². The van der Waals surface area contributed by atoms with Gasteiger partial charge in [-0.25, -0.2) is 9.48 Å². The summed E-state index contributed by atoms with van der Waals surface area (Å²) in [6.07, 6.45) is 4.80. The van der Waals surface area contributed by atoms with Gasteiger partial charge in [-0.1, -0.05) is 42.0 Å². The first kappa shape index (κ1) is 22.9. The molecule has 2 heterocycles. The summed E-state index contributed by atoms with van der Waals surface area (Å²) in [7, 11) is 1.58. The lowest BCUT2D eigenvalue weighted by molar-refractivity contribution is 0.139. The molecule has 1 atom stereocenters. The van der Waals surface area contributed by atoms with Crippen LogP contribution in [0.25, 0.3) is 0 Å². The molecule has 0 spiro atoms. The van der Waals surface area contributed by atoms with Crippen molar-refractivity contribution in [3.63, 3.8) is 0 Å². The van der Waals surface area contributed by atoms with Crippen LogP contribution < -0.4 is 15.4 Å². The molecular weight excluding hydrogens is 414 g/mol. The molecule has 3 aromatic rings. The van der Waals surface area contributed by atoms with Crippen LogP contribution in [-0.4, -0.2) is 47.0 Å². The second-order valence-electron chi connectivity index (χ2n) is 8.75. The summed E-state index contributed by atoms with van der Waals surface area (Å²) in [5.41, 5.74) is 3.31. The fourth-order valence-electron chi connectivity index (χ4n) is 4.49. The van der Waals surface area contributed by atoms with Crippen molar-refractivity contribution < 1.29 is 9.53 Å². The minimum Gasteiger partial charge on any atom is -0.495 e. The van der Waals surface area contributed by atoms with E-state index in [-0.39, 0.29) is 12.1 Å².